The van der Waals surface area contributed by atoms with Crippen LogP contribution >= 0.6 is 11.3 Å². The summed E-state index contributed by atoms with van der Waals surface area (Å²) >= 11 is 1.48. The van der Waals surface area contributed by atoms with Crippen molar-refractivity contribution in [1.29, 1.82) is 0 Å². The second-order valence-corrected chi connectivity index (χ2v) is 7.57. The average molecular weight is 378 g/mol. The van der Waals surface area contributed by atoms with Gasteiger partial charge in [0.1, 0.15) is 30.6 Å². The van der Waals surface area contributed by atoms with Gasteiger partial charge in [0.15, 0.2) is 0 Å². The Labute approximate surface area is 158 Å². The van der Waals surface area contributed by atoms with E-state index in [1.807, 2.05) is 36.4 Å². The predicted molar refractivity (Wildman–Crippen MR) is 102 cm³/mol. The van der Waals surface area contributed by atoms with Crippen molar-refractivity contribution in [2.24, 2.45) is 4.99 Å². The molecule has 7 heteroatoms. The van der Waals surface area contributed by atoms with E-state index in [2.05, 4.69) is 10.1 Å². The molecule has 1 aliphatic rings. The highest BCUT2D eigenvalue weighted by Gasteiger charge is 2.40. The number of thiophene rings is 1. The maximum atomic E-state index is 13.5. The van der Waals surface area contributed by atoms with Crippen LogP contribution in [0.4, 0.5) is 4.39 Å². The molecule has 3 heterocycles. The van der Waals surface area contributed by atoms with E-state index in [4.69, 9.17) is 9.73 Å². The number of hydrogen-bond donors (Lipinski definition) is 0. The van der Waals surface area contributed by atoms with Gasteiger partial charge in [-0.25, -0.2) is 14.4 Å². The number of benzene rings is 2. The van der Waals surface area contributed by atoms with Crippen molar-refractivity contribution in [2.45, 2.75) is 12.1 Å². The van der Waals surface area contributed by atoms with E-state index in [0.29, 0.717) is 19.0 Å². The molecule has 4 aromatic rings. The maximum Gasteiger partial charge on any atom is 0.227 e. The van der Waals surface area contributed by atoms with Crippen molar-refractivity contribution in [1.82, 2.24) is 14.8 Å². The first-order valence-corrected chi connectivity index (χ1v) is 9.34. The van der Waals surface area contributed by atoms with Crippen LogP contribution in [0.5, 0.6) is 0 Å². The van der Waals surface area contributed by atoms with Crippen molar-refractivity contribution >= 4 is 27.3 Å². The number of halogens is 1. The van der Waals surface area contributed by atoms with Gasteiger partial charge in [0.05, 0.1) is 11.4 Å². The number of aromatic nitrogens is 3. The fourth-order valence-corrected chi connectivity index (χ4v) is 4.37. The molecule has 1 unspecified atom stereocenters. The van der Waals surface area contributed by atoms with Gasteiger partial charge >= 0.3 is 0 Å². The zero-order chi connectivity index (χ0) is 18.3. The van der Waals surface area contributed by atoms with Crippen molar-refractivity contribution in [2.75, 3.05) is 6.61 Å². The van der Waals surface area contributed by atoms with Crippen LogP contribution in [0.3, 0.4) is 0 Å². The van der Waals surface area contributed by atoms with Crippen LogP contribution in [-0.2, 0) is 16.8 Å². The minimum atomic E-state index is -0.578. The van der Waals surface area contributed by atoms with Gasteiger partial charge in [0.2, 0.25) is 5.90 Å². The van der Waals surface area contributed by atoms with Crippen molar-refractivity contribution in [3.63, 3.8) is 0 Å². The number of nitrogens with zero attached hydrogens (tertiary/aromatic N) is 4. The normalized spacial score (nSPS) is 19.2. The van der Waals surface area contributed by atoms with Crippen molar-refractivity contribution in [3.8, 4) is 0 Å². The Morgan fingerprint density at radius 2 is 2.04 bits per heavy atom. The zero-order valence-corrected chi connectivity index (χ0v) is 15.1. The van der Waals surface area contributed by atoms with Gasteiger partial charge in [-0.1, -0.05) is 36.4 Å². The predicted octanol–water partition coefficient (Wildman–Crippen LogP) is 4.00. The van der Waals surface area contributed by atoms with Gasteiger partial charge in [0.25, 0.3) is 0 Å². The highest BCUT2D eigenvalue weighted by atomic mass is 32.1. The molecule has 0 spiro atoms. The molecule has 1 atom stereocenters. The quantitative estimate of drug-likeness (QED) is 0.539. The maximum absolute atomic E-state index is 13.5. The van der Waals surface area contributed by atoms with Gasteiger partial charge in [-0.3, -0.25) is 4.68 Å². The van der Waals surface area contributed by atoms with Gasteiger partial charge in [-0.2, -0.15) is 5.10 Å². The number of ether oxygens (including phenoxy) is 1. The topological polar surface area (TPSA) is 52.3 Å². The number of aliphatic imine (C=N–C) groups is 1. The van der Waals surface area contributed by atoms with E-state index in [1.165, 1.54) is 23.7 Å². The summed E-state index contributed by atoms with van der Waals surface area (Å²) < 4.78 is 22.2. The standard InChI is InChI=1S/C20H15FN4OS/c21-16-7-6-14-8-18(27-17(14)9-16)19-24-20(11-26-19,10-25-13-22-12-23-25)15-4-2-1-3-5-15/h1-9,12-13H,10-11H2. The summed E-state index contributed by atoms with van der Waals surface area (Å²) in [6.45, 7) is 0.939. The first kappa shape index (κ1) is 16.1. The van der Waals surface area contributed by atoms with Crippen LogP contribution in [0.15, 0.2) is 72.2 Å². The Kier molecular flexibility index (Phi) is 3.75. The molecule has 0 radical (unpaired) electrons. The summed E-state index contributed by atoms with van der Waals surface area (Å²) in [5.74, 6) is 0.343. The van der Waals surface area contributed by atoms with Gasteiger partial charge in [-0.05, 0) is 29.1 Å². The van der Waals surface area contributed by atoms with Crippen LogP contribution in [0.2, 0.25) is 0 Å². The Hall–Kier alpha value is -3.06. The fraction of sp³-hybridized carbons (Fsp3) is 0.150. The molecule has 2 aromatic carbocycles. The van der Waals surface area contributed by atoms with E-state index >= 15 is 0 Å². The molecule has 0 aliphatic carbocycles. The molecule has 27 heavy (non-hydrogen) atoms. The molecule has 0 fully saturated rings. The molecule has 1 aliphatic heterocycles. The van der Waals surface area contributed by atoms with E-state index < -0.39 is 5.54 Å². The highest BCUT2D eigenvalue weighted by Crippen LogP contribution is 2.36. The summed E-state index contributed by atoms with van der Waals surface area (Å²) in [5.41, 5.74) is 0.480. The SMILES string of the molecule is Fc1ccc2cc(C3=NC(Cn4cncn4)(c4ccccc4)CO3)sc2c1. The van der Waals surface area contributed by atoms with Crippen LogP contribution in [0.25, 0.3) is 10.1 Å². The number of hydrogen-bond acceptors (Lipinski definition) is 5. The van der Waals surface area contributed by atoms with Gasteiger partial charge < -0.3 is 4.74 Å². The highest BCUT2D eigenvalue weighted by molar-refractivity contribution is 7.20. The van der Waals surface area contributed by atoms with Crippen LogP contribution in [0, 0.1) is 5.82 Å². The minimum absolute atomic E-state index is 0.241. The van der Waals surface area contributed by atoms with Crippen LogP contribution < -0.4 is 0 Å². The van der Waals surface area contributed by atoms with E-state index in [1.54, 1.807) is 23.1 Å². The molecule has 0 N–H and O–H groups in total. The minimum Gasteiger partial charge on any atom is -0.474 e. The van der Waals surface area contributed by atoms with Crippen LogP contribution in [-0.4, -0.2) is 27.3 Å². The molecular formula is C20H15FN4OS. The monoisotopic (exact) mass is 378 g/mol. The lowest BCUT2D eigenvalue weighted by Gasteiger charge is -2.24. The Balaban J connectivity index is 1.59. The molecule has 5 nitrogen and oxygen atoms in total. The Bertz CT molecular complexity index is 1120. The third kappa shape index (κ3) is 2.90. The second-order valence-electron chi connectivity index (χ2n) is 6.49. The molecular weight excluding hydrogens is 363 g/mol. The average Bonchev–Trinajstić information content (AvgIpc) is 3.42. The molecule has 0 saturated heterocycles. The molecule has 2 aromatic heterocycles. The Morgan fingerprint density at radius 1 is 1.15 bits per heavy atom. The third-order valence-electron chi connectivity index (χ3n) is 4.66. The second kappa shape index (κ2) is 6.28. The number of fused-ring (bicyclic) bond motifs is 1. The largest absolute Gasteiger partial charge is 0.474 e. The summed E-state index contributed by atoms with van der Waals surface area (Å²) in [4.78, 5) is 9.90. The molecule has 0 amide bonds. The van der Waals surface area contributed by atoms with Crippen molar-refractivity contribution in [3.05, 3.63) is 83.5 Å². The van der Waals surface area contributed by atoms with Gasteiger partial charge in [0, 0.05) is 4.70 Å². The fourth-order valence-electron chi connectivity index (χ4n) is 3.33. The zero-order valence-electron chi connectivity index (χ0n) is 14.2. The van der Waals surface area contributed by atoms with E-state index in [9.17, 15) is 4.39 Å². The van der Waals surface area contributed by atoms with Crippen molar-refractivity contribution < 1.29 is 9.13 Å². The summed E-state index contributed by atoms with van der Waals surface area (Å²) in [6.07, 6.45) is 3.19. The van der Waals surface area contributed by atoms with E-state index in [-0.39, 0.29) is 5.82 Å². The lowest BCUT2D eigenvalue weighted by molar-refractivity contribution is 0.230. The van der Waals surface area contributed by atoms with E-state index in [0.717, 1.165) is 20.5 Å². The summed E-state index contributed by atoms with van der Waals surface area (Å²) in [5, 5.41) is 5.22. The molecule has 0 saturated carbocycles. The first-order valence-electron chi connectivity index (χ1n) is 8.52. The Morgan fingerprint density at radius 3 is 2.85 bits per heavy atom. The summed E-state index contributed by atoms with van der Waals surface area (Å²) in [6, 6.07) is 16.8. The number of rotatable bonds is 4. The molecule has 5 rings (SSSR count). The van der Waals surface area contributed by atoms with Gasteiger partial charge in [-0.15, -0.1) is 11.3 Å². The molecule has 0 bridgehead atoms. The summed E-state index contributed by atoms with van der Waals surface area (Å²) in [7, 11) is 0. The lowest BCUT2D eigenvalue weighted by atomic mass is 9.92. The molecule has 134 valence electrons. The third-order valence-corrected chi connectivity index (χ3v) is 5.74. The first-order chi connectivity index (χ1) is 13.2. The lowest BCUT2D eigenvalue weighted by Crippen LogP contribution is -2.31. The van der Waals surface area contributed by atoms with Crippen LogP contribution in [0.1, 0.15) is 10.4 Å². The smallest absolute Gasteiger partial charge is 0.227 e.